The lowest BCUT2D eigenvalue weighted by Crippen LogP contribution is -2.29. The Bertz CT molecular complexity index is 438. The van der Waals surface area contributed by atoms with Gasteiger partial charge in [-0.3, -0.25) is 0 Å². The van der Waals surface area contributed by atoms with Crippen LogP contribution in [0.2, 0.25) is 0 Å². The van der Waals surface area contributed by atoms with Crippen molar-refractivity contribution < 1.29 is 9.53 Å². The van der Waals surface area contributed by atoms with E-state index in [0.717, 1.165) is 31.6 Å². The number of carbonyl (C=O) groups is 1. The van der Waals surface area contributed by atoms with Crippen LogP contribution in [0.1, 0.15) is 42.5 Å². The molecule has 0 aromatic heterocycles. The third kappa shape index (κ3) is 3.19. The third-order valence-electron chi connectivity index (χ3n) is 3.64. The summed E-state index contributed by atoms with van der Waals surface area (Å²) in [4.78, 5) is 14.1. The molecule has 0 unspecified atom stereocenters. The van der Waals surface area contributed by atoms with Gasteiger partial charge in [-0.15, -0.1) is 0 Å². The number of rotatable bonds is 2. The Kier molecular flexibility index (Phi) is 4.66. The molecule has 1 fully saturated rings. The highest BCUT2D eigenvalue weighted by atomic mass is 16.5. The third-order valence-corrected chi connectivity index (χ3v) is 3.64. The lowest BCUT2D eigenvalue weighted by molar-refractivity contribution is 0.0601. The minimum absolute atomic E-state index is 0.315. The van der Waals surface area contributed by atoms with Gasteiger partial charge in [0.05, 0.1) is 24.0 Å². The lowest BCUT2D eigenvalue weighted by Gasteiger charge is -2.29. The van der Waals surface area contributed by atoms with E-state index in [0.29, 0.717) is 11.3 Å². The average Bonchev–Trinajstić information content (AvgIpc) is 2.38. The zero-order valence-corrected chi connectivity index (χ0v) is 11.5. The fourth-order valence-corrected chi connectivity index (χ4v) is 2.66. The first kappa shape index (κ1) is 13.7. The van der Waals surface area contributed by atoms with Crippen molar-refractivity contribution >= 4 is 17.3 Å². The van der Waals surface area contributed by atoms with E-state index in [-0.39, 0.29) is 5.97 Å². The summed E-state index contributed by atoms with van der Waals surface area (Å²) in [5.41, 5.74) is 8.16. The van der Waals surface area contributed by atoms with Crippen molar-refractivity contribution in [2.75, 3.05) is 30.8 Å². The number of ether oxygens (including phenoxy) is 1. The smallest absolute Gasteiger partial charge is 0.340 e. The monoisotopic (exact) mass is 262 g/mol. The Morgan fingerprint density at radius 2 is 1.79 bits per heavy atom. The summed E-state index contributed by atoms with van der Waals surface area (Å²) in [7, 11) is 1.41. The molecule has 0 radical (unpaired) electrons. The van der Waals surface area contributed by atoms with Gasteiger partial charge in [0.15, 0.2) is 0 Å². The lowest BCUT2D eigenvalue weighted by atomic mass is 10.1. The van der Waals surface area contributed by atoms with Crippen LogP contribution in [-0.4, -0.2) is 26.2 Å². The number of nitrogen functional groups attached to an aromatic ring is 1. The molecule has 1 saturated heterocycles. The number of carbonyl (C=O) groups excluding carboxylic acids is 1. The van der Waals surface area contributed by atoms with Crippen molar-refractivity contribution in [3.8, 4) is 0 Å². The highest BCUT2D eigenvalue weighted by Crippen LogP contribution is 2.30. The largest absolute Gasteiger partial charge is 0.465 e. The van der Waals surface area contributed by atoms with Gasteiger partial charge >= 0.3 is 5.97 Å². The SMILES string of the molecule is COC(=O)c1cccc(N)c1N1CCCCCCC1. The molecule has 0 saturated carbocycles. The quantitative estimate of drug-likeness (QED) is 0.657. The molecule has 1 aromatic carbocycles. The van der Waals surface area contributed by atoms with Crippen LogP contribution in [0.4, 0.5) is 11.4 Å². The van der Waals surface area contributed by atoms with Crippen molar-refractivity contribution in [2.45, 2.75) is 32.1 Å². The zero-order valence-electron chi connectivity index (χ0n) is 11.5. The van der Waals surface area contributed by atoms with Crippen LogP contribution in [0.5, 0.6) is 0 Å². The number of nitrogens with zero attached hydrogens (tertiary/aromatic N) is 1. The molecule has 0 atom stereocenters. The minimum atomic E-state index is -0.315. The van der Waals surface area contributed by atoms with E-state index < -0.39 is 0 Å². The van der Waals surface area contributed by atoms with Gasteiger partial charge in [0.2, 0.25) is 0 Å². The second-order valence-electron chi connectivity index (χ2n) is 4.99. The summed E-state index contributed by atoms with van der Waals surface area (Å²) < 4.78 is 4.86. The van der Waals surface area contributed by atoms with Gasteiger partial charge in [-0.2, -0.15) is 0 Å². The summed E-state index contributed by atoms with van der Waals surface area (Å²) >= 11 is 0. The Balaban J connectivity index is 2.32. The molecule has 2 rings (SSSR count). The summed E-state index contributed by atoms with van der Waals surface area (Å²) in [6, 6.07) is 5.44. The number of para-hydroxylation sites is 1. The molecule has 1 aliphatic heterocycles. The standard InChI is InChI=1S/C15H22N2O2/c1-19-15(18)12-8-7-9-13(16)14(12)17-10-5-3-2-4-6-11-17/h7-9H,2-6,10-11,16H2,1H3. The van der Waals surface area contributed by atoms with E-state index in [1.807, 2.05) is 6.07 Å². The minimum Gasteiger partial charge on any atom is -0.465 e. The number of nitrogens with two attached hydrogens (primary N) is 1. The Hall–Kier alpha value is -1.71. The second kappa shape index (κ2) is 6.45. The van der Waals surface area contributed by atoms with Crippen LogP contribution in [0.15, 0.2) is 18.2 Å². The number of hydrogen-bond donors (Lipinski definition) is 1. The summed E-state index contributed by atoms with van der Waals surface area (Å²) in [5.74, 6) is -0.315. The van der Waals surface area contributed by atoms with E-state index >= 15 is 0 Å². The van der Waals surface area contributed by atoms with Crippen LogP contribution in [0.25, 0.3) is 0 Å². The first-order valence-corrected chi connectivity index (χ1v) is 6.96. The van der Waals surface area contributed by atoms with E-state index in [1.54, 1.807) is 12.1 Å². The topological polar surface area (TPSA) is 55.6 Å². The number of esters is 1. The molecule has 0 aliphatic carbocycles. The molecule has 2 N–H and O–H groups in total. The molecular formula is C15H22N2O2. The fourth-order valence-electron chi connectivity index (χ4n) is 2.66. The predicted molar refractivity (Wildman–Crippen MR) is 77.5 cm³/mol. The van der Waals surface area contributed by atoms with Crippen molar-refractivity contribution in [3.63, 3.8) is 0 Å². The highest BCUT2D eigenvalue weighted by Gasteiger charge is 2.20. The Morgan fingerprint density at radius 3 is 2.42 bits per heavy atom. The van der Waals surface area contributed by atoms with Crippen LogP contribution in [0.3, 0.4) is 0 Å². The van der Waals surface area contributed by atoms with Gasteiger partial charge in [0, 0.05) is 13.1 Å². The van der Waals surface area contributed by atoms with Crippen LogP contribution >= 0.6 is 0 Å². The number of anilines is 2. The zero-order chi connectivity index (χ0) is 13.7. The van der Waals surface area contributed by atoms with E-state index in [1.165, 1.54) is 26.4 Å². The van der Waals surface area contributed by atoms with Crippen molar-refractivity contribution in [1.82, 2.24) is 0 Å². The molecule has 1 aromatic rings. The van der Waals surface area contributed by atoms with Gasteiger partial charge in [0.1, 0.15) is 0 Å². The Morgan fingerprint density at radius 1 is 1.16 bits per heavy atom. The van der Waals surface area contributed by atoms with Gasteiger partial charge in [-0.05, 0) is 25.0 Å². The van der Waals surface area contributed by atoms with Crippen molar-refractivity contribution in [1.29, 1.82) is 0 Å². The molecule has 1 heterocycles. The molecule has 0 spiro atoms. The van der Waals surface area contributed by atoms with E-state index in [2.05, 4.69) is 4.90 Å². The van der Waals surface area contributed by atoms with Crippen LogP contribution in [0, 0.1) is 0 Å². The van der Waals surface area contributed by atoms with Crippen LogP contribution < -0.4 is 10.6 Å². The molecule has 1 aliphatic rings. The van der Waals surface area contributed by atoms with Crippen LogP contribution in [-0.2, 0) is 4.74 Å². The van der Waals surface area contributed by atoms with Gasteiger partial charge in [-0.25, -0.2) is 4.79 Å². The molecule has 0 amide bonds. The maximum Gasteiger partial charge on any atom is 0.340 e. The molecular weight excluding hydrogens is 240 g/mol. The van der Waals surface area contributed by atoms with E-state index in [4.69, 9.17) is 10.5 Å². The van der Waals surface area contributed by atoms with Crippen molar-refractivity contribution in [2.24, 2.45) is 0 Å². The maximum atomic E-state index is 11.9. The average molecular weight is 262 g/mol. The highest BCUT2D eigenvalue weighted by molar-refractivity contribution is 5.99. The fraction of sp³-hybridized carbons (Fsp3) is 0.533. The first-order valence-electron chi connectivity index (χ1n) is 6.96. The van der Waals surface area contributed by atoms with Gasteiger partial charge < -0.3 is 15.4 Å². The summed E-state index contributed by atoms with van der Waals surface area (Å²) in [6.45, 7) is 1.91. The molecule has 0 bridgehead atoms. The maximum absolute atomic E-state index is 11.9. The van der Waals surface area contributed by atoms with Gasteiger partial charge in [0.25, 0.3) is 0 Å². The molecule has 19 heavy (non-hydrogen) atoms. The molecule has 4 nitrogen and oxygen atoms in total. The van der Waals surface area contributed by atoms with Crippen molar-refractivity contribution in [3.05, 3.63) is 23.8 Å². The first-order chi connectivity index (χ1) is 9.24. The number of benzene rings is 1. The Labute approximate surface area is 114 Å². The van der Waals surface area contributed by atoms with Gasteiger partial charge in [-0.1, -0.05) is 25.3 Å². The molecule has 104 valence electrons. The molecule has 4 heteroatoms. The normalized spacial score (nSPS) is 16.6. The number of methoxy groups -OCH3 is 1. The summed E-state index contributed by atoms with van der Waals surface area (Å²) in [5, 5.41) is 0. The van der Waals surface area contributed by atoms with E-state index in [9.17, 15) is 4.79 Å². The number of hydrogen-bond acceptors (Lipinski definition) is 4. The second-order valence-corrected chi connectivity index (χ2v) is 4.99. The predicted octanol–water partition coefficient (Wildman–Crippen LogP) is 2.83. The summed E-state index contributed by atoms with van der Waals surface area (Å²) in [6.07, 6.45) is 6.10.